The average molecular weight is 272 g/mol. The van der Waals surface area contributed by atoms with E-state index in [1.54, 1.807) is 6.07 Å². The first-order valence-corrected chi connectivity index (χ1v) is 5.03. The van der Waals surface area contributed by atoms with Crippen LogP contribution in [0.3, 0.4) is 0 Å². The Morgan fingerprint density at radius 1 is 1.58 bits per heavy atom. The molecule has 0 spiro atoms. The number of rotatable bonds is 2. The third kappa shape index (κ3) is 2.27. The second-order valence-corrected chi connectivity index (χ2v) is 3.09. The molecule has 1 rings (SSSR count). The van der Waals surface area contributed by atoms with Gasteiger partial charge >= 0.3 is 14.0 Å². The summed E-state index contributed by atoms with van der Waals surface area (Å²) in [6, 6.07) is 7.44. The third-order valence-corrected chi connectivity index (χ3v) is 2.38. The lowest BCUT2D eigenvalue weighted by atomic mass is 9.94. The van der Waals surface area contributed by atoms with Crippen molar-refractivity contribution >= 4 is 47.0 Å². The number of benzene rings is 1. The van der Waals surface area contributed by atoms with Crippen LogP contribution in [-0.4, -0.2) is 19.2 Å². The van der Waals surface area contributed by atoms with Gasteiger partial charge in [0.2, 0.25) is 5.14 Å². The molecule has 0 unspecified atom stereocenters. The van der Waals surface area contributed by atoms with Crippen LogP contribution >= 0.6 is 22.4 Å². The Bertz CT molecular complexity index is 290. The lowest BCUT2D eigenvalue weighted by molar-refractivity contribution is 0.0750. The summed E-state index contributed by atoms with van der Waals surface area (Å²) in [6.45, 7) is 0. The molecule has 0 saturated carbocycles. The van der Waals surface area contributed by atoms with Crippen molar-refractivity contribution in [3.8, 4) is 0 Å². The zero-order valence-corrected chi connectivity index (χ0v) is 8.87. The van der Waals surface area contributed by atoms with Crippen LogP contribution in [0, 0.1) is 0 Å². The topological polar surface area (TPSA) is 26.3 Å². The first kappa shape index (κ1) is 9.64. The van der Waals surface area contributed by atoms with E-state index in [9.17, 15) is 4.79 Å². The van der Waals surface area contributed by atoms with Crippen LogP contribution in [0.1, 0.15) is 10.4 Å². The second kappa shape index (κ2) is 4.54. The van der Waals surface area contributed by atoms with Crippen LogP contribution in [0.5, 0.6) is 0 Å². The molecule has 0 heterocycles. The van der Waals surface area contributed by atoms with E-state index in [4.69, 9.17) is 0 Å². The molecular formula is C7H7B2IO2. The van der Waals surface area contributed by atoms with Crippen molar-refractivity contribution in [2.24, 2.45) is 0 Å². The second-order valence-electron chi connectivity index (χ2n) is 2.33. The molecule has 0 atom stereocenters. The van der Waals surface area contributed by atoms with E-state index in [2.05, 4.69) is 27.0 Å². The van der Waals surface area contributed by atoms with Gasteiger partial charge in [-0.15, -0.1) is 22.4 Å². The molecule has 0 aliphatic heterocycles. The maximum atomic E-state index is 11.1. The van der Waals surface area contributed by atoms with E-state index in [1.165, 1.54) is 8.05 Å². The maximum absolute atomic E-state index is 11.1. The van der Waals surface area contributed by atoms with Gasteiger partial charge in [-0.25, -0.2) is 4.79 Å². The van der Waals surface area contributed by atoms with Crippen LogP contribution in [0.4, 0.5) is 0 Å². The fourth-order valence-corrected chi connectivity index (χ4v) is 1.37. The van der Waals surface area contributed by atoms with Crippen LogP contribution in [0.25, 0.3) is 0 Å². The lowest BCUT2D eigenvalue weighted by Gasteiger charge is -2.00. The van der Waals surface area contributed by atoms with Crippen LogP contribution < -0.4 is 5.46 Å². The summed E-state index contributed by atoms with van der Waals surface area (Å²) in [5, 5.41) is 0.905. The summed E-state index contributed by atoms with van der Waals surface area (Å²) < 4.78 is 4.59. The lowest BCUT2D eigenvalue weighted by Crippen LogP contribution is -2.11. The molecule has 0 saturated heterocycles. The minimum absolute atomic E-state index is 0.276. The molecular weight excluding hydrogens is 265 g/mol. The summed E-state index contributed by atoms with van der Waals surface area (Å²) >= 11 is 2.25. The standard InChI is InChI=1S/C7H7B2IO2/c8-12-7(11)5-2-1-3-6(4-5)9-10/h1-4,9H,8H2. The molecule has 0 bridgehead atoms. The molecule has 5 heteroatoms. The summed E-state index contributed by atoms with van der Waals surface area (Å²) in [5.74, 6) is -0.276. The van der Waals surface area contributed by atoms with Gasteiger partial charge in [0.15, 0.2) is 0 Å². The number of halogens is 1. The molecule has 0 fully saturated rings. The van der Waals surface area contributed by atoms with Crippen molar-refractivity contribution in [3.05, 3.63) is 29.8 Å². The number of hydrogen-bond acceptors (Lipinski definition) is 2. The van der Waals surface area contributed by atoms with E-state index < -0.39 is 0 Å². The molecule has 0 N–H and O–H groups in total. The first-order chi connectivity index (χ1) is 5.77. The van der Waals surface area contributed by atoms with Gasteiger partial charge in [-0.1, -0.05) is 23.7 Å². The molecule has 12 heavy (non-hydrogen) atoms. The minimum atomic E-state index is -0.276. The van der Waals surface area contributed by atoms with E-state index in [0.29, 0.717) is 5.56 Å². The highest BCUT2D eigenvalue weighted by Crippen LogP contribution is 1.98. The van der Waals surface area contributed by atoms with Crippen molar-refractivity contribution in [1.29, 1.82) is 0 Å². The number of carbonyl (C=O) groups excluding carboxylic acids is 1. The normalized spacial score (nSPS) is 9.08. The van der Waals surface area contributed by atoms with Gasteiger partial charge in [0.25, 0.3) is 0 Å². The Morgan fingerprint density at radius 2 is 2.33 bits per heavy atom. The van der Waals surface area contributed by atoms with Crippen LogP contribution in [0.15, 0.2) is 24.3 Å². The molecule has 0 amide bonds. The maximum Gasteiger partial charge on any atom is 0.326 e. The summed E-state index contributed by atoms with van der Waals surface area (Å²) in [7, 11) is 1.39. The molecule has 60 valence electrons. The highest BCUT2D eigenvalue weighted by atomic mass is 127. The fourth-order valence-electron chi connectivity index (χ4n) is 0.899. The van der Waals surface area contributed by atoms with Gasteiger partial charge in [0.05, 0.1) is 5.56 Å². The van der Waals surface area contributed by atoms with Crippen molar-refractivity contribution in [2.75, 3.05) is 0 Å². The Kier molecular flexibility index (Phi) is 3.65. The minimum Gasteiger partial charge on any atom is -0.540 e. The van der Waals surface area contributed by atoms with Crippen LogP contribution in [-0.2, 0) is 4.65 Å². The molecule has 1 aromatic rings. The van der Waals surface area contributed by atoms with Crippen molar-refractivity contribution < 1.29 is 9.45 Å². The van der Waals surface area contributed by atoms with Crippen molar-refractivity contribution in [3.63, 3.8) is 0 Å². The third-order valence-electron chi connectivity index (χ3n) is 1.50. The zero-order chi connectivity index (χ0) is 8.97. The molecule has 2 nitrogen and oxygen atoms in total. The largest absolute Gasteiger partial charge is 0.540 e. The quantitative estimate of drug-likeness (QED) is 0.550. The Balaban J connectivity index is 2.93. The van der Waals surface area contributed by atoms with Gasteiger partial charge in [-0.3, -0.25) is 0 Å². The molecule has 0 aromatic heterocycles. The average Bonchev–Trinajstić information content (AvgIpc) is 2.17. The van der Waals surface area contributed by atoms with Crippen molar-refractivity contribution in [1.82, 2.24) is 0 Å². The van der Waals surface area contributed by atoms with Gasteiger partial charge in [0.1, 0.15) is 0 Å². The van der Waals surface area contributed by atoms with E-state index in [1.807, 2.05) is 18.2 Å². The van der Waals surface area contributed by atoms with Crippen molar-refractivity contribution in [2.45, 2.75) is 0 Å². The Morgan fingerprint density at radius 3 is 2.92 bits per heavy atom. The molecule has 0 aliphatic carbocycles. The van der Waals surface area contributed by atoms with Gasteiger partial charge in [0, 0.05) is 0 Å². The molecule has 0 aliphatic rings. The monoisotopic (exact) mass is 272 g/mol. The van der Waals surface area contributed by atoms with Gasteiger partial charge in [-0.2, -0.15) is 0 Å². The summed E-state index contributed by atoms with van der Waals surface area (Å²) in [4.78, 5) is 11.1. The fraction of sp³-hybridized carbons (Fsp3) is 0. The molecule has 1 aromatic carbocycles. The summed E-state index contributed by atoms with van der Waals surface area (Å²) in [5.41, 5.74) is 1.75. The summed E-state index contributed by atoms with van der Waals surface area (Å²) in [6.07, 6.45) is 0. The first-order valence-electron chi connectivity index (χ1n) is 3.51. The van der Waals surface area contributed by atoms with E-state index in [-0.39, 0.29) is 5.97 Å². The van der Waals surface area contributed by atoms with E-state index in [0.717, 1.165) is 10.6 Å². The smallest absolute Gasteiger partial charge is 0.326 e. The highest BCUT2D eigenvalue weighted by molar-refractivity contribution is 14.1. The number of carbonyl (C=O) groups is 1. The van der Waals surface area contributed by atoms with Crippen LogP contribution in [0.2, 0.25) is 0 Å². The predicted octanol–water partition coefficient (Wildman–Crippen LogP) is -0.197. The number of hydrogen-bond donors (Lipinski definition) is 0. The zero-order valence-electron chi connectivity index (χ0n) is 6.71. The highest BCUT2D eigenvalue weighted by Gasteiger charge is 2.03. The predicted molar refractivity (Wildman–Crippen MR) is 61.2 cm³/mol. The Hall–Kier alpha value is -0.450. The SMILES string of the molecule is BOC(=O)c1cccc(BI)c1. The van der Waals surface area contributed by atoms with E-state index >= 15 is 0 Å². The molecule has 0 radical (unpaired) electrons. The van der Waals surface area contributed by atoms with Gasteiger partial charge in [-0.05, 0) is 6.07 Å². The Labute approximate surface area is 86.2 Å². The van der Waals surface area contributed by atoms with Gasteiger partial charge < -0.3 is 4.65 Å².